The molecule has 0 aliphatic heterocycles. The van der Waals surface area contributed by atoms with Crippen LogP contribution in [0.3, 0.4) is 0 Å². The molecule has 44 heavy (non-hydrogen) atoms. The standard InChI is InChI=1S/C31H37FN6O3S3/c1-17-13-21(7-8-22(17)32)44(40,41)16-20-14-23(24(39)15-20)36-28-26(29-37-27-19(3)33-10-9-25(27)43-29)18(2)35-30(38-28)34-11-12-42-31(4,5)6/h7-10,13,16,23-24,39H,11-12,14-15H2,1-6H3,(H2,34,35,36,38)/b20-16-/t23-,24-/m1/s1. The van der Waals surface area contributed by atoms with Crippen molar-refractivity contribution in [2.75, 3.05) is 22.9 Å². The number of anilines is 2. The van der Waals surface area contributed by atoms with E-state index in [1.165, 1.54) is 35.8 Å². The Labute approximate surface area is 265 Å². The molecule has 3 N–H and O–H groups in total. The quantitative estimate of drug-likeness (QED) is 0.137. The normalized spacial score (nSPS) is 18.3. The molecule has 0 saturated heterocycles. The fourth-order valence-corrected chi connectivity index (χ4v) is 8.33. The summed E-state index contributed by atoms with van der Waals surface area (Å²) in [7, 11) is -3.83. The molecule has 4 aromatic rings. The molecule has 3 aromatic heterocycles. The number of nitrogens with zero attached hydrogens (tertiary/aromatic N) is 4. The molecule has 0 unspecified atom stereocenters. The summed E-state index contributed by atoms with van der Waals surface area (Å²) in [4.78, 5) is 18.8. The first kappa shape index (κ1) is 32.3. The molecule has 0 radical (unpaired) electrons. The molecular weight excluding hydrogens is 620 g/mol. The topological polar surface area (TPSA) is 130 Å². The summed E-state index contributed by atoms with van der Waals surface area (Å²) in [6.07, 6.45) is 1.37. The van der Waals surface area contributed by atoms with Crippen molar-refractivity contribution in [2.45, 2.75) is 76.2 Å². The van der Waals surface area contributed by atoms with Gasteiger partial charge in [-0.15, -0.1) is 11.3 Å². The van der Waals surface area contributed by atoms with E-state index in [4.69, 9.17) is 15.0 Å². The Kier molecular flexibility index (Phi) is 9.31. The van der Waals surface area contributed by atoms with Crippen molar-refractivity contribution in [1.29, 1.82) is 0 Å². The predicted octanol–water partition coefficient (Wildman–Crippen LogP) is 6.45. The fraction of sp³-hybridized carbons (Fsp3) is 0.419. The van der Waals surface area contributed by atoms with Crippen LogP contribution < -0.4 is 10.6 Å². The van der Waals surface area contributed by atoms with Crippen LogP contribution in [-0.4, -0.2) is 62.7 Å². The van der Waals surface area contributed by atoms with Gasteiger partial charge >= 0.3 is 0 Å². The maximum absolute atomic E-state index is 13.8. The summed E-state index contributed by atoms with van der Waals surface area (Å²) in [5.41, 5.74) is 3.90. The number of benzene rings is 1. The Morgan fingerprint density at radius 1 is 1.11 bits per heavy atom. The second-order valence-electron chi connectivity index (χ2n) is 12.0. The fourth-order valence-electron chi connectivity index (χ4n) is 5.03. The number of hydrogen-bond acceptors (Lipinski definition) is 11. The van der Waals surface area contributed by atoms with Gasteiger partial charge in [0.25, 0.3) is 0 Å². The average Bonchev–Trinajstić information content (AvgIpc) is 3.50. The number of fused-ring (bicyclic) bond motifs is 1. The van der Waals surface area contributed by atoms with Crippen molar-refractivity contribution >= 4 is 54.9 Å². The van der Waals surface area contributed by atoms with Crippen LogP contribution in [0, 0.1) is 26.6 Å². The van der Waals surface area contributed by atoms with Crippen molar-refractivity contribution in [3.63, 3.8) is 0 Å². The number of nitrogens with one attached hydrogen (secondary N) is 2. The van der Waals surface area contributed by atoms with Crippen molar-refractivity contribution in [1.82, 2.24) is 19.9 Å². The van der Waals surface area contributed by atoms with E-state index in [-0.39, 0.29) is 28.0 Å². The SMILES string of the molecule is Cc1cc(S(=O)(=O)/C=C2\C[C@@H](O)[C@H](Nc3nc(NCCSC(C)(C)C)nc(C)c3-c3nc4c(C)nccc4s3)C2)ccc1F. The molecule has 234 valence electrons. The van der Waals surface area contributed by atoms with Crippen molar-refractivity contribution < 1.29 is 17.9 Å². The second kappa shape index (κ2) is 12.7. The molecule has 1 fully saturated rings. The van der Waals surface area contributed by atoms with Gasteiger partial charge in [0.2, 0.25) is 5.95 Å². The van der Waals surface area contributed by atoms with Gasteiger partial charge in [0.1, 0.15) is 22.2 Å². The molecule has 3 heterocycles. The molecule has 1 aliphatic carbocycles. The molecule has 1 saturated carbocycles. The summed E-state index contributed by atoms with van der Waals surface area (Å²) < 4.78 is 41.1. The number of pyridine rings is 1. The summed E-state index contributed by atoms with van der Waals surface area (Å²) >= 11 is 3.36. The number of aromatic nitrogens is 4. The van der Waals surface area contributed by atoms with Gasteiger partial charge < -0.3 is 15.7 Å². The van der Waals surface area contributed by atoms with Crippen molar-refractivity contribution in [3.05, 3.63) is 64.2 Å². The Balaban J connectivity index is 1.45. The number of thioether (sulfide) groups is 1. The summed E-state index contributed by atoms with van der Waals surface area (Å²) in [5.74, 6) is 1.38. The first-order chi connectivity index (χ1) is 20.7. The molecule has 0 bridgehead atoms. The minimum absolute atomic E-state index is 0.0180. The van der Waals surface area contributed by atoms with Gasteiger partial charge in [0.15, 0.2) is 9.84 Å². The van der Waals surface area contributed by atoms with E-state index in [2.05, 4.69) is 36.4 Å². The van der Waals surface area contributed by atoms with E-state index in [9.17, 15) is 17.9 Å². The van der Waals surface area contributed by atoms with Crippen molar-refractivity contribution in [3.8, 4) is 10.6 Å². The Bertz CT molecular complexity index is 1840. The molecule has 9 nitrogen and oxygen atoms in total. The van der Waals surface area contributed by atoms with Gasteiger partial charge in [-0.1, -0.05) is 26.3 Å². The van der Waals surface area contributed by atoms with Crippen LogP contribution in [0.5, 0.6) is 0 Å². The molecule has 5 rings (SSSR count). The van der Waals surface area contributed by atoms with Crippen LogP contribution in [0.2, 0.25) is 0 Å². The number of thiazole rings is 1. The third-order valence-electron chi connectivity index (χ3n) is 7.23. The summed E-state index contributed by atoms with van der Waals surface area (Å²) in [5, 5.41) is 19.7. The second-order valence-corrected chi connectivity index (χ2v) is 16.7. The lowest BCUT2D eigenvalue weighted by Crippen LogP contribution is -2.29. The highest BCUT2D eigenvalue weighted by molar-refractivity contribution is 8.00. The third kappa shape index (κ3) is 7.39. The van der Waals surface area contributed by atoms with Crippen LogP contribution in [0.1, 0.15) is 50.6 Å². The van der Waals surface area contributed by atoms with Crippen LogP contribution in [0.15, 0.2) is 46.3 Å². The van der Waals surface area contributed by atoms with Gasteiger partial charge in [-0.25, -0.2) is 22.8 Å². The average molecular weight is 657 g/mol. The van der Waals surface area contributed by atoms with Crippen LogP contribution in [-0.2, 0) is 9.84 Å². The molecule has 2 atom stereocenters. The van der Waals surface area contributed by atoms with E-state index >= 15 is 0 Å². The molecule has 1 aliphatic rings. The monoisotopic (exact) mass is 656 g/mol. The minimum Gasteiger partial charge on any atom is -0.391 e. The molecule has 0 spiro atoms. The third-order valence-corrected chi connectivity index (χ3v) is 11.1. The highest BCUT2D eigenvalue weighted by Crippen LogP contribution is 2.38. The van der Waals surface area contributed by atoms with Crippen LogP contribution >= 0.6 is 23.1 Å². The lowest BCUT2D eigenvalue weighted by atomic mass is 10.1. The maximum Gasteiger partial charge on any atom is 0.224 e. The lowest BCUT2D eigenvalue weighted by Gasteiger charge is -2.21. The lowest BCUT2D eigenvalue weighted by molar-refractivity contribution is 0.174. The van der Waals surface area contributed by atoms with Crippen molar-refractivity contribution in [2.24, 2.45) is 0 Å². The molecule has 1 aromatic carbocycles. The van der Waals surface area contributed by atoms with Crippen LogP contribution in [0.25, 0.3) is 20.8 Å². The molecular formula is C31H37FN6O3S3. The number of hydrogen-bond donors (Lipinski definition) is 3. The van der Waals surface area contributed by atoms with E-state index in [1.54, 1.807) is 6.20 Å². The number of aliphatic hydroxyl groups is 1. The maximum atomic E-state index is 13.8. The zero-order chi connectivity index (χ0) is 31.8. The van der Waals surface area contributed by atoms with Gasteiger partial charge in [0.05, 0.1) is 38.7 Å². The Morgan fingerprint density at radius 3 is 2.59 bits per heavy atom. The molecule has 0 amide bonds. The Hall–Kier alpha value is -3.13. The highest BCUT2D eigenvalue weighted by atomic mass is 32.2. The zero-order valence-corrected chi connectivity index (χ0v) is 28.1. The number of rotatable bonds is 9. The van der Waals surface area contributed by atoms with Gasteiger partial charge in [-0.3, -0.25) is 4.98 Å². The smallest absolute Gasteiger partial charge is 0.224 e. The summed E-state index contributed by atoms with van der Waals surface area (Å²) in [6.45, 7) is 12.5. The first-order valence-corrected chi connectivity index (χ1v) is 17.7. The van der Waals surface area contributed by atoms with Gasteiger partial charge in [-0.2, -0.15) is 16.7 Å². The number of aryl methyl sites for hydroxylation is 3. The summed E-state index contributed by atoms with van der Waals surface area (Å²) in [6, 6.07) is 5.16. The van der Waals surface area contributed by atoms with Crippen LogP contribution in [0.4, 0.5) is 16.2 Å². The minimum atomic E-state index is -3.83. The van der Waals surface area contributed by atoms with E-state index in [1.807, 2.05) is 31.7 Å². The zero-order valence-electron chi connectivity index (χ0n) is 25.6. The first-order valence-electron chi connectivity index (χ1n) is 14.3. The number of aliphatic hydroxyl groups excluding tert-OH is 1. The Morgan fingerprint density at radius 2 is 1.89 bits per heavy atom. The molecule has 13 heteroatoms. The number of halogens is 1. The van der Waals surface area contributed by atoms with Gasteiger partial charge in [-0.05, 0) is 63.4 Å². The van der Waals surface area contributed by atoms with E-state index < -0.39 is 27.8 Å². The predicted molar refractivity (Wildman–Crippen MR) is 178 cm³/mol. The van der Waals surface area contributed by atoms with E-state index in [0.717, 1.165) is 44.0 Å². The highest BCUT2D eigenvalue weighted by Gasteiger charge is 2.32. The largest absolute Gasteiger partial charge is 0.391 e. The van der Waals surface area contributed by atoms with Gasteiger partial charge in [0, 0.05) is 28.6 Å². The number of sulfone groups is 1. The van der Waals surface area contributed by atoms with E-state index in [0.29, 0.717) is 23.9 Å².